The number of para-hydroxylation sites is 1. The lowest BCUT2D eigenvalue weighted by molar-refractivity contribution is -0.136. The number of aryl methyl sites for hydroxylation is 1. The Morgan fingerprint density at radius 1 is 1.02 bits per heavy atom. The number of anilines is 4. The number of amides is 1. The van der Waals surface area contributed by atoms with Crippen molar-refractivity contribution >= 4 is 44.7 Å². The van der Waals surface area contributed by atoms with Crippen LogP contribution in [0.25, 0.3) is 5.65 Å². The van der Waals surface area contributed by atoms with Crippen molar-refractivity contribution in [2.45, 2.75) is 75.0 Å². The number of aliphatic hydroxyl groups excluding tert-OH is 1. The molecule has 0 spiro atoms. The van der Waals surface area contributed by atoms with Crippen molar-refractivity contribution in [3.63, 3.8) is 0 Å². The summed E-state index contributed by atoms with van der Waals surface area (Å²) in [5.74, 6) is 1.63. The van der Waals surface area contributed by atoms with Gasteiger partial charge in [0.2, 0.25) is 17.8 Å². The molecule has 12 nitrogen and oxygen atoms in total. The number of aromatic nitrogens is 4. The molecule has 0 radical (unpaired) electrons. The third kappa shape index (κ3) is 6.25. The molecule has 2 aromatic heterocycles. The second kappa shape index (κ2) is 12.9. The van der Waals surface area contributed by atoms with E-state index in [0.717, 1.165) is 24.8 Å². The average Bonchev–Trinajstić information content (AvgIpc) is 3.70. The van der Waals surface area contributed by atoms with Crippen LogP contribution < -0.4 is 15.4 Å². The summed E-state index contributed by atoms with van der Waals surface area (Å²) in [6.45, 7) is 6.78. The summed E-state index contributed by atoms with van der Waals surface area (Å²) in [5.41, 5.74) is 3.87. The third-order valence-corrected chi connectivity index (χ3v) is 11.4. The summed E-state index contributed by atoms with van der Waals surface area (Å²) in [4.78, 5) is 24.4. The molecule has 2 aliphatic rings. The minimum atomic E-state index is -3.56. The number of carbonyl (C=O) groups is 1. The van der Waals surface area contributed by atoms with Crippen LogP contribution in [0.1, 0.15) is 63.0 Å². The normalized spacial score (nSPS) is 19.1. The van der Waals surface area contributed by atoms with E-state index in [2.05, 4.69) is 38.7 Å². The Hall–Kier alpha value is -4.23. The van der Waals surface area contributed by atoms with Crippen LogP contribution in [0, 0.1) is 12.8 Å². The van der Waals surface area contributed by atoms with Crippen molar-refractivity contribution < 1.29 is 23.1 Å². The predicted octanol–water partition coefficient (Wildman–Crippen LogP) is 4.98. The molecular weight excluding hydrogens is 606 g/mol. The number of nitrogens with one attached hydrogen (secondary N) is 2. The molecule has 4 aromatic rings. The number of nitrogens with zero attached hydrogens (tertiary/aromatic N) is 5. The van der Waals surface area contributed by atoms with Gasteiger partial charge in [0.25, 0.3) is 0 Å². The average molecular weight is 648 g/mol. The quantitative estimate of drug-likeness (QED) is 0.227. The van der Waals surface area contributed by atoms with Gasteiger partial charge in [0.1, 0.15) is 5.75 Å². The highest BCUT2D eigenvalue weighted by Gasteiger charge is 2.34. The highest BCUT2D eigenvalue weighted by Crippen LogP contribution is 2.38. The smallest absolute Gasteiger partial charge is 0.233 e. The van der Waals surface area contributed by atoms with E-state index in [-0.39, 0.29) is 28.8 Å². The maximum atomic E-state index is 13.1. The fraction of sp³-hybridized carbons (Fsp3) is 0.455. The fourth-order valence-corrected chi connectivity index (χ4v) is 7.74. The van der Waals surface area contributed by atoms with Crippen LogP contribution in [-0.2, 0) is 14.6 Å². The number of benzene rings is 2. The summed E-state index contributed by atoms with van der Waals surface area (Å²) in [7, 11) is -1.94. The first-order valence-electron chi connectivity index (χ1n) is 15.8. The van der Waals surface area contributed by atoms with E-state index in [1.54, 1.807) is 57.5 Å². The number of fused-ring (bicyclic) bond motifs is 1. The van der Waals surface area contributed by atoms with E-state index >= 15 is 0 Å². The Balaban J connectivity index is 1.23. The number of piperidine rings is 1. The molecule has 2 atom stereocenters. The summed E-state index contributed by atoms with van der Waals surface area (Å²) in [6, 6.07) is 12.6. The first kappa shape index (κ1) is 31.7. The molecule has 2 aromatic carbocycles. The Labute approximate surface area is 269 Å². The number of carbonyl (C=O) groups excluding carboxylic acids is 1. The Morgan fingerprint density at radius 3 is 2.48 bits per heavy atom. The van der Waals surface area contributed by atoms with Crippen molar-refractivity contribution in [3.05, 3.63) is 59.8 Å². The van der Waals surface area contributed by atoms with Gasteiger partial charge >= 0.3 is 0 Å². The third-order valence-electron chi connectivity index (χ3n) is 9.15. The lowest BCUT2D eigenvalue weighted by atomic mass is 9.86. The van der Waals surface area contributed by atoms with E-state index in [9.17, 15) is 18.3 Å². The van der Waals surface area contributed by atoms with Gasteiger partial charge < -0.3 is 25.4 Å². The van der Waals surface area contributed by atoms with Crippen LogP contribution >= 0.6 is 0 Å². The van der Waals surface area contributed by atoms with Crippen LogP contribution in [0.3, 0.4) is 0 Å². The SMILES string of the molecule is COc1cc(C2CCN(C(=O)[C@H]3CC[C@H](O)C3)CC2)c(C)cc1Nc1nc(Nc2ccccc2S(=O)(=O)C(C)C)n2nccc2n1. The molecule has 3 heterocycles. The van der Waals surface area contributed by atoms with Crippen molar-refractivity contribution in [1.82, 2.24) is 24.5 Å². The summed E-state index contributed by atoms with van der Waals surface area (Å²) >= 11 is 0. The van der Waals surface area contributed by atoms with E-state index in [1.807, 2.05) is 11.0 Å². The molecular formula is C33H41N7O5S. The molecule has 244 valence electrons. The zero-order valence-electron chi connectivity index (χ0n) is 26.6. The van der Waals surface area contributed by atoms with Gasteiger partial charge in [0, 0.05) is 25.1 Å². The second-order valence-corrected chi connectivity index (χ2v) is 15.0. The number of hydrogen-bond donors (Lipinski definition) is 3. The summed E-state index contributed by atoms with van der Waals surface area (Å²) in [6.07, 6.45) is 5.03. The molecule has 1 saturated heterocycles. The van der Waals surface area contributed by atoms with Gasteiger partial charge in [-0.05, 0) is 94.2 Å². The molecule has 1 amide bonds. The van der Waals surface area contributed by atoms with Crippen LogP contribution in [0.4, 0.5) is 23.3 Å². The Morgan fingerprint density at radius 2 is 1.78 bits per heavy atom. The molecule has 1 aliphatic heterocycles. The van der Waals surface area contributed by atoms with E-state index in [0.29, 0.717) is 60.6 Å². The zero-order valence-corrected chi connectivity index (χ0v) is 27.4. The van der Waals surface area contributed by atoms with Gasteiger partial charge in [0.15, 0.2) is 15.5 Å². The monoisotopic (exact) mass is 647 g/mol. The molecule has 46 heavy (non-hydrogen) atoms. The lowest BCUT2D eigenvalue weighted by Gasteiger charge is -2.34. The molecule has 13 heteroatoms. The number of aliphatic hydroxyl groups is 1. The first-order valence-corrected chi connectivity index (χ1v) is 17.3. The van der Waals surface area contributed by atoms with Crippen molar-refractivity contribution in [1.29, 1.82) is 0 Å². The summed E-state index contributed by atoms with van der Waals surface area (Å²) < 4.78 is 33.5. The lowest BCUT2D eigenvalue weighted by Crippen LogP contribution is -2.41. The highest BCUT2D eigenvalue weighted by atomic mass is 32.2. The number of likely N-dealkylation sites (tertiary alicyclic amines) is 1. The van der Waals surface area contributed by atoms with E-state index in [4.69, 9.17) is 4.74 Å². The Kier molecular flexibility index (Phi) is 8.88. The highest BCUT2D eigenvalue weighted by molar-refractivity contribution is 7.92. The minimum absolute atomic E-state index is 0.0544. The van der Waals surface area contributed by atoms with Crippen LogP contribution in [0.5, 0.6) is 5.75 Å². The largest absolute Gasteiger partial charge is 0.495 e. The molecule has 2 fully saturated rings. The molecule has 1 aliphatic carbocycles. The van der Waals surface area contributed by atoms with Crippen LogP contribution in [0.15, 0.2) is 53.6 Å². The number of sulfone groups is 1. The number of hydrogen-bond acceptors (Lipinski definition) is 10. The van der Waals surface area contributed by atoms with Gasteiger partial charge in [-0.2, -0.15) is 19.6 Å². The number of rotatable bonds is 9. The molecule has 0 bridgehead atoms. The number of ether oxygens (including phenoxy) is 1. The second-order valence-electron chi connectivity index (χ2n) is 12.5. The molecule has 6 rings (SSSR count). The fourth-order valence-electron chi connectivity index (χ4n) is 6.54. The topological polar surface area (TPSA) is 151 Å². The zero-order chi connectivity index (χ0) is 32.6. The number of methoxy groups -OCH3 is 1. The van der Waals surface area contributed by atoms with Gasteiger partial charge in [-0.15, -0.1) is 0 Å². The maximum Gasteiger partial charge on any atom is 0.233 e. The van der Waals surface area contributed by atoms with Crippen LogP contribution in [-0.4, -0.2) is 75.5 Å². The van der Waals surface area contributed by atoms with Crippen LogP contribution in [0.2, 0.25) is 0 Å². The minimum Gasteiger partial charge on any atom is -0.495 e. The van der Waals surface area contributed by atoms with Crippen molar-refractivity contribution in [3.8, 4) is 5.75 Å². The van der Waals surface area contributed by atoms with Gasteiger partial charge in [-0.25, -0.2) is 8.42 Å². The van der Waals surface area contributed by atoms with E-state index < -0.39 is 15.1 Å². The molecule has 3 N–H and O–H groups in total. The predicted molar refractivity (Wildman–Crippen MR) is 176 cm³/mol. The summed E-state index contributed by atoms with van der Waals surface area (Å²) in [5, 5.41) is 20.1. The van der Waals surface area contributed by atoms with Gasteiger partial charge in [-0.1, -0.05) is 12.1 Å². The standard InChI is InChI=1S/C33H41N7O5S/c1-20(2)46(43,44)29-8-6-5-7-26(29)36-33-38-32(37-30-11-14-34-40(30)33)35-27-17-21(3)25(19-28(27)45-4)22-12-15-39(16-13-22)31(42)23-9-10-24(41)18-23/h5-8,11,14,17,19-20,22-24,41H,9-10,12-13,15-16,18H2,1-4H3,(H2,35,36,37,38)/t23-,24-/m0/s1. The molecule has 0 unspecified atom stereocenters. The van der Waals surface area contributed by atoms with Gasteiger partial charge in [0.05, 0.1) is 40.9 Å². The molecule has 1 saturated carbocycles. The Bertz CT molecular complexity index is 1850. The maximum absolute atomic E-state index is 13.1. The van der Waals surface area contributed by atoms with Crippen molar-refractivity contribution in [2.24, 2.45) is 5.92 Å². The van der Waals surface area contributed by atoms with E-state index in [1.165, 1.54) is 10.1 Å². The first-order chi connectivity index (χ1) is 22.0. The van der Waals surface area contributed by atoms with Crippen molar-refractivity contribution in [2.75, 3.05) is 30.8 Å². The van der Waals surface area contributed by atoms with Gasteiger partial charge in [-0.3, -0.25) is 4.79 Å².